The van der Waals surface area contributed by atoms with Crippen molar-refractivity contribution in [3.8, 4) is 0 Å². The lowest BCUT2D eigenvalue weighted by atomic mass is 9.64. The fraction of sp³-hybridized carbons (Fsp3) is 0.147. The molecule has 1 saturated heterocycles. The summed E-state index contributed by atoms with van der Waals surface area (Å²) in [6.45, 7) is 1.96. The smallest absolute Gasteiger partial charge is 0.185 e. The van der Waals surface area contributed by atoms with Crippen molar-refractivity contribution in [2.24, 2.45) is 5.41 Å². The van der Waals surface area contributed by atoms with E-state index in [1.165, 1.54) is 6.07 Å². The van der Waals surface area contributed by atoms with Crippen molar-refractivity contribution in [2.45, 2.75) is 24.9 Å². The molecule has 1 aliphatic carbocycles. The summed E-state index contributed by atoms with van der Waals surface area (Å²) in [6.07, 6.45) is 3.76. The van der Waals surface area contributed by atoms with Gasteiger partial charge in [-0.25, -0.2) is 4.39 Å². The first kappa shape index (κ1) is 23.5. The van der Waals surface area contributed by atoms with Crippen LogP contribution in [-0.4, -0.2) is 29.4 Å². The molecule has 1 fully saturated rings. The van der Waals surface area contributed by atoms with Gasteiger partial charge in [-0.15, -0.1) is 0 Å². The van der Waals surface area contributed by atoms with Crippen molar-refractivity contribution in [3.63, 3.8) is 0 Å². The maximum Gasteiger partial charge on any atom is 0.185 e. The Hall–Kier alpha value is -4.64. The number of halogens is 1. The number of aryl methyl sites for hydroxylation is 1. The molecule has 190 valence electrons. The maximum absolute atomic E-state index is 15.8. The molecule has 4 aromatic carbocycles. The second kappa shape index (κ2) is 8.43. The van der Waals surface area contributed by atoms with Crippen molar-refractivity contribution >= 4 is 29.1 Å². The number of hydrogen-bond donors (Lipinski definition) is 0. The van der Waals surface area contributed by atoms with E-state index in [1.807, 2.05) is 48.2 Å². The fourth-order valence-electron chi connectivity index (χ4n) is 6.92. The van der Waals surface area contributed by atoms with Gasteiger partial charge in [0, 0.05) is 28.3 Å². The van der Waals surface area contributed by atoms with Gasteiger partial charge in [0.25, 0.3) is 0 Å². The van der Waals surface area contributed by atoms with Crippen LogP contribution < -0.4 is 4.90 Å². The highest BCUT2D eigenvalue weighted by Gasteiger charge is 2.71. The molecule has 3 aliphatic rings. The Morgan fingerprint density at radius 2 is 1.46 bits per heavy atom. The van der Waals surface area contributed by atoms with Crippen molar-refractivity contribution < 1.29 is 18.8 Å². The van der Waals surface area contributed by atoms with E-state index >= 15 is 4.39 Å². The molecule has 2 heterocycles. The van der Waals surface area contributed by atoms with E-state index in [0.717, 1.165) is 16.8 Å². The third kappa shape index (κ3) is 3.07. The van der Waals surface area contributed by atoms with Crippen molar-refractivity contribution in [3.05, 3.63) is 142 Å². The molecule has 4 nitrogen and oxygen atoms in total. The van der Waals surface area contributed by atoms with Crippen LogP contribution in [0.2, 0.25) is 0 Å². The van der Waals surface area contributed by atoms with E-state index in [-0.39, 0.29) is 22.9 Å². The van der Waals surface area contributed by atoms with Gasteiger partial charge in [0.05, 0.1) is 6.04 Å². The number of Topliss-reactive ketones (excluding diaryl/α,β-unsaturated/α-hetero) is 3. The number of rotatable bonds is 3. The summed E-state index contributed by atoms with van der Waals surface area (Å²) in [5, 5.41) is 0. The highest BCUT2D eigenvalue weighted by molar-refractivity contribution is 6.32. The summed E-state index contributed by atoms with van der Waals surface area (Å²) in [5.74, 6) is -2.59. The SMILES string of the molecule is Cc1ccc2c(c1)N1[C@@H](C(=O)c3ccccc3)[C@@H](c3ccccc3F)C3(C(=O)c4ccccc4C3=O)[C@H]1C=C2. The molecule has 5 heteroatoms. The predicted octanol–water partition coefficient (Wildman–Crippen LogP) is 6.45. The first-order chi connectivity index (χ1) is 18.9. The number of nitrogens with zero attached hydrogens (tertiary/aromatic N) is 1. The molecule has 0 amide bonds. The molecule has 0 N–H and O–H groups in total. The summed E-state index contributed by atoms with van der Waals surface area (Å²) < 4.78 is 15.8. The molecule has 0 unspecified atom stereocenters. The molecule has 7 rings (SSSR count). The number of fused-ring (bicyclic) bond motifs is 5. The average Bonchev–Trinajstić information content (AvgIpc) is 3.39. The molecule has 0 bridgehead atoms. The zero-order chi connectivity index (χ0) is 26.9. The first-order valence-electron chi connectivity index (χ1n) is 13.0. The van der Waals surface area contributed by atoms with Gasteiger partial charge in [0.1, 0.15) is 17.3 Å². The Morgan fingerprint density at radius 3 is 2.15 bits per heavy atom. The lowest BCUT2D eigenvalue weighted by molar-refractivity contribution is 0.0664. The minimum Gasteiger partial charge on any atom is -0.352 e. The Bertz CT molecular complexity index is 1690. The first-order valence-corrected chi connectivity index (χ1v) is 13.0. The summed E-state index contributed by atoms with van der Waals surface area (Å²) >= 11 is 0. The van der Waals surface area contributed by atoms with E-state index < -0.39 is 29.2 Å². The zero-order valence-corrected chi connectivity index (χ0v) is 21.2. The van der Waals surface area contributed by atoms with Gasteiger partial charge in [-0.2, -0.15) is 0 Å². The lowest BCUT2D eigenvalue weighted by Crippen LogP contribution is -2.48. The van der Waals surface area contributed by atoms with Crippen LogP contribution in [0, 0.1) is 18.2 Å². The average molecular weight is 514 g/mol. The molecular weight excluding hydrogens is 489 g/mol. The van der Waals surface area contributed by atoms with Crippen LogP contribution >= 0.6 is 0 Å². The Kier molecular flexibility index (Phi) is 5.08. The molecule has 39 heavy (non-hydrogen) atoms. The molecule has 4 aromatic rings. The monoisotopic (exact) mass is 513 g/mol. The van der Waals surface area contributed by atoms with Crippen molar-refractivity contribution in [1.82, 2.24) is 0 Å². The van der Waals surface area contributed by atoms with Gasteiger partial charge in [-0.1, -0.05) is 97.1 Å². The van der Waals surface area contributed by atoms with Crippen LogP contribution in [-0.2, 0) is 0 Å². The van der Waals surface area contributed by atoms with Gasteiger partial charge in [-0.05, 0) is 35.7 Å². The standard InChI is InChI=1S/C34H24FNO3/c1-20-15-16-21-17-18-28-34(32(38)23-11-5-6-12-24(23)33(34)39)29(25-13-7-8-14-26(25)35)30(36(28)27(21)19-20)31(37)22-9-3-2-4-10-22/h2-19,28-30H,1H3/t28-,29-,30-/m1/s1. The lowest BCUT2D eigenvalue weighted by Gasteiger charge is -2.37. The van der Waals surface area contributed by atoms with Crippen LogP contribution in [0.25, 0.3) is 6.08 Å². The third-order valence-corrected chi connectivity index (χ3v) is 8.53. The molecule has 0 aromatic heterocycles. The normalized spacial score (nSPS) is 22.1. The van der Waals surface area contributed by atoms with E-state index in [0.29, 0.717) is 16.7 Å². The third-order valence-electron chi connectivity index (χ3n) is 8.53. The number of benzene rings is 4. The molecule has 3 atom stereocenters. The van der Waals surface area contributed by atoms with Gasteiger partial charge < -0.3 is 4.90 Å². The topological polar surface area (TPSA) is 54.5 Å². The van der Waals surface area contributed by atoms with Crippen LogP contribution in [0.1, 0.15) is 53.7 Å². The summed E-state index contributed by atoms with van der Waals surface area (Å²) in [6, 6.07) is 26.0. The van der Waals surface area contributed by atoms with Crippen molar-refractivity contribution in [2.75, 3.05) is 4.90 Å². The summed E-state index contributed by atoms with van der Waals surface area (Å²) in [4.78, 5) is 45.5. The predicted molar refractivity (Wildman–Crippen MR) is 148 cm³/mol. The minimum atomic E-state index is -1.71. The largest absolute Gasteiger partial charge is 0.352 e. The van der Waals surface area contributed by atoms with Crippen LogP contribution in [0.3, 0.4) is 0 Å². The highest BCUT2D eigenvalue weighted by atomic mass is 19.1. The maximum atomic E-state index is 15.8. The van der Waals surface area contributed by atoms with Crippen LogP contribution in [0.15, 0.2) is 103 Å². The molecule has 2 aliphatic heterocycles. The van der Waals surface area contributed by atoms with Gasteiger partial charge >= 0.3 is 0 Å². The number of ketones is 3. The van der Waals surface area contributed by atoms with Gasteiger partial charge in [0.2, 0.25) is 0 Å². The van der Waals surface area contributed by atoms with E-state index in [4.69, 9.17) is 0 Å². The minimum absolute atomic E-state index is 0.193. The Morgan fingerprint density at radius 1 is 0.821 bits per heavy atom. The van der Waals surface area contributed by atoms with Gasteiger partial charge in [-0.3, -0.25) is 14.4 Å². The highest BCUT2D eigenvalue weighted by Crippen LogP contribution is 2.61. The van der Waals surface area contributed by atoms with E-state index in [9.17, 15) is 14.4 Å². The number of hydrogen-bond acceptors (Lipinski definition) is 4. The van der Waals surface area contributed by atoms with E-state index in [2.05, 4.69) is 0 Å². The number of carbonyl (C=O) groups excluding carboxylic acids is 3. The van der Waals surface area contributed by atoms with E-state index in [1.54, 1.807) is 66.7 Å². The Balaban J connectivity index is 1.58. The fourth-order valence-corrected chi connectivity index (χ4v) is 6.92. The summed E-state index contributed by atoms with van der Waals surface area (Å²) in [5.41, 5.74) is 2.18. The second-order valence-corrected chi connectivity index (χ2v) is 10.5. The van der Waals surface area contributed by atoms with Gasteiger partial charge in [0.15, 0.2) is 17.3 Å². The number of carbonyl (C=O) groups is 3. The summed E-state index contributed by atoms with van der Waals surface area (Å²) in [7, 11) is 0. The second-order valence-electron chi connectivity index (χ2n) is 10.5. The molecule has 0 saturated carbocycles. The molecular formula is C34H24FNO3. The molecule has 0 radical (unpaired) electrons. The Labute approximate surface area is 225 Å². The molecule has 1 spiro atoms. The van der Waals surface area contributed by atoms with Crippen LogP contribution in [0.4, 0.5) is 10.1 Å². The quantitative estimate of drug-likeness (QED) is 0.233. The van der Waals surface area contributed by atoms with Crippen LogP contribution in [0.5, 0.6) is 0 Å². The zero-order valence-electron chi connectivity index (χ0n) is 21.2. The van der Waals surface area contributed by atoms with Crippen molar-refractivity contribution in [1.29, 1.82) is 0 Å². The number of anilines is 1.